The van der Waals surface area contributed by atoms with E-state index in [2.05, 4.69) is 53.9 Å². The second-order valence-corrected chi connectivity index (χ2v) is 15.3. The van der Waals surface area contributed by atoms with Crippen LogP contribution in [0, 0.1) is 71.0 Å². The maximum atomic E-state index is 13.2. The zero-order valence-corrected chi connectivity index (χ0v) is 27.5. The molecule has 8 aliphatic rings. The molecule has 252 valence electrons. The van der Waals surface area contributed by atoms with Gasteiger partial charge < -0.3 is 29.4 Å². The topological polar surface area (TPSA) is 103 Å². The molecule has 0 spiro atoms. The number of carbonyl (C=O) groups excluding carboxylic acids is 1. The lowest BCUT2D eigenvalue weighted by atomic mass is 9.33. The number of hydrogen-bond donors (Lipinski definition) is 2. The monoisotopic (exact) mass is 651 g/mol. The molecule has 3 saturated carbocycles. The summed E-state index contributed by atoms with van der Waals surface area (Å²) in [6, 6.07) is 12.7. The number of aliphatic carboxylic acids is 1. The zero-order valence-electron chi connectivity index (χ0n) is 27.5. The summed E-state index contributed by atoms with van der Waals surface area (Å²) in [5.74, 6) is 8.51. The molecule has 2 aromatic carbocycles. The molecule has 48 heavy (non-hydrogen) atoms. The van der Waals surface area contributed by atoms with Crippen LogP contribution in [-0.2, 0) is 22.4 Å². The van der Waals surface area contributed by atoms with Crippen molar-refractivity contribution in [3.63, 3.8) is 0 Å². The van der Waals surface area contributed by atoms with Crippen LogP contribution in [0.15, 0.2) is 60.7 Å². The van der Waals surface area contributed by atoms with Crippen LogP contribution >= 0.6 is 0 Å². The number of fused-ring (bicyclic) bond motifs is 3. The Balaban J connectivity index is 1.00. The van der Waals surface area contributed by atoms with Crippen LogP contribution in [0.4, 0.5) is 0 Å². The predicted molar refractivity (Wildman–Crippen MR) is 177 cm³/mol. The van der Waals surface area contributed by atoms with Gasteiger partial charge >= 0.3 is 5.97 Å². The van der Waals surface area contributed by atoms with Gasteiger partial charge in [0.25, 0.3) is 0 Å². The van der Waals surface area contributed by atoms with E-state index in [9.17, 15) is 14.7 Å². The van der Waals surface area contributed by atoms with Gasteiger partial charge in [-0.2, -0.15) is 0 Å². The smallest absolute Gasteiger partial charge is 0.303 e. The molecule has 0 radical (unpaired) electrons. The highest BCUT2D eigenvalue weighted by Gasteiger charge is 2.67. The Kier molecular flexibility index (Phi) is 7.46. The molecule has 6 aliphatic carbocycles. The van der Waals surface area contributed by atoms with E-state index < -0.39 is 5.97 Å². The van der Waals surface area contributed by atoms with Crippen LogP contribution in [0.2, 0.25) is 0 Å². The van der Waals surface area contributed by atoms with E-state index in [1.54, 1.807) is 0 Å². The summed E-state index contributed by atoms with van der Waals surface area (Å²) in [6.45, 7) is 3.19. The van der Waals surface area contributed by atoms with Crippen molar-refractivity contribution in [2.45, 2.75) is 45.4 Å². The van der Waals surface area contributed by atoms with E-state index in [0.717, 1.165) is 48.7 Å². The average Bonchev–Trinajstić information content (AvgIpc) is 3.75. The SMILES string of the molecule is CCNC(=O)C[C@H]1[C@H](Cc2ccc3c(c2)OCO3)[C@@H]2C=C[C@H]3[C@H]4C=C[C@@H]([C@H]3[C@@H]21)[C@@H]1[C@@H](CCCC(=O)O)[C@H](Cc2ccc3c(c2)OCO3)[C@H]41. The van der Waals surface area contributed by atoms with Crippen LogP contribution in [0.1, 0.15) is 43.7 Å². The fourth-order valence-electron chi connectivity index (χ4n) is 11.6. The van der Waals surface area contributed by atoms with Gasteiger partial charge in [-0.1, -0.05) is 36.4 Å². The van der Waals surface area contributed by atoms with Gasteiger partial charge in [0.15, 0.2) is 23.0 Å². The second kappa shape index (κ2) is 11.9. The molecule has 8 nitrogen and oxygen atoms in total. The summed E-state index contributed by atoms with van der Waals surface area (Å²) < 4.78 is 22.6. The normalized spacial score (nSPS) is 36.8. The van der Waals surface area contributed by atoms with Gasteiger partial charge in [-0.05, 0) is 139 Å². The number of hydrogen-bond acceptors (Lipinski definition) is 6. The van der Waals surface area contributed by atoms with E-state index in [1.165, 1.54) is 11.1 Å². The minimum atomic E-state index is -0.709. The van der Waals surface area contributed by atoms with E-state index in [-0.39, 0.29) is 25.9 Å². The molecule has 8 heteroatoms. The Bertz CT molecular complexity index is 1670. The molecule has 2 aromatic rings. The molecule has 0 aromatic heterocycles. The molecular weight excluding hydrogens is 606 g/mol. The van der Waals surface area contributed by atoms with Gasteiger partial charge in [0, 0.05) is 19.4 Å². The van der Waals surface area contributed by atoms with Gasteiger partial charge in [0.1, 0.15) is 0 Å². The number of carbonyl (C=O) groups is 2. The van der Waals surface area contributed by atoms with Crippen molar-refractivity contribution in [1.82, 2.24) is 5.32 Å². The van der Waals surface area contributed by atoms with Crippen LogP contribution < -0.4 is 24.3 Å². The molecule has 0 unspecified atom stereocenters. The van der Waals surface area contributed by atoms with E-state index in [4.69, 9.17) is 18.9 Å². The highest BCUT2D eigenvalue weighted by atomic mass is 16.7. The Morgan fingerprint density at radius 1 is 0.688 bits per heavy atom. The molecule has 2 bridgehead atoms. The summed E-state index contributed by atoms with van der Waals surface area (Å²) in [4.78, 5) is 24.7. The molecule has 1 amide bonds. The number of benzene rings is 2. The molecule has 0 saturated heterocycles. The number of rotatable bonds is 11. The number of carboxylic acid groups (broad SMARTS) is 1. The van der Waals surface area contributed by atoms with Crippen LogP contribution in [0.3, 0.4) is 0 Å². The largest absolute Gasteiger partial charge is 0.481 e. The van der Waals surface area contributed by atoms with Crippen molar-refractivity contribution in [3.8, 4) is 23.0 Å². The molecule has 2 N–H and O–H groups in total. The highest BCUT2D eigenvalue weighted by Crippen LogP contribution is 2.71. The number of carboxylic acids is 1. The average molecular weight is 652 g/mol. The third kappa shape index (κ3) is 4.84. The first-order valence-corrected chi connectivity index (χ1v) is 18.1. The molecular formula is C40H45NO7. The molecule has 2 heterocycles. The van der Waals surface area contributed by atoms with Gasteiger partial charge in [-0.15, -0.1) is 0 Å². The van der Waals surface area contributed by atoms with Crippen molar-refractivity contribution >= 4 is 11.9 Å². The van der Waals surface area contributed by atoms with E-state index >= 15 is 0 Å². The Morgan fingerprint density at radius 3 is 1.92 bits per heavy atom. The van der Waals surface area contributed by atoms with Crippen LogP contribution in [0.5, 0.6) is 23.0 Å². The minimum Gasteiger partial charge on any atom is -0.481 e. The number of amides is 1. The molecule has 10 rings (SSSR count). The Labute approximate surface area is 281 Å². The van der Waals surface area contributed by atoms with Gasteiger partial charge in [-0.25, -0.2) is 0 Å². The molecule has 2 aliphatic heterocycles. The van der Waals surface area contributed by atoms with Crippen molar-refractivity contribution in [2.75, 3.05) is 20.1 Å². The van der Waals surface area contributed by atoms with Gasteiger partial charge in [-0.3, -0.25) is 9.59 Å². The minimum absolute atomic E-state index is 0.163. The summed E-state index contributed by atoms with van der Waals surface area (Å²) in [6.07, 6.45) is 14.5. The van der Waals surface area contributed by atoms with Gasteiger partial charge in [0.05, 0.1) is 0 Å². The predicted octanol–water partition coefficient (Wildman–Crippen LogP) is 6.29. The first-order chi connectivity index (χ1) is 23.5. The van der Waals surface area contributed by atoms with Crippen molar-refractivity contribution < 1.29 is 33.6 Å². The second-order valence-electron chi connectivity index (χ2n) is 15.3. The lowest BCUT2D eigenvalue weighted by Gasteiger charge is -2.71. The molecule has 3 fully saturated rings. The van der Waals surface area contributed by atoms with E-state index in [0.29, 0.717) is 84.0 Å². The third-order valence-electron chi connectivity index (χ3n) is 13.3. The summed E-state index contributed by atoms with van der Waals surface area (Å²) in [7, 11) is 0. The number of ether oxygens (including phenoxy) is 4. The summed E-state index contributed by atoms with van der Waals surface area (Å²) >= 11 is 0. The fourth-order valence-corrected chi connectivity index (χ4v) is 11.6. The molecule has 12 atom stereocenters. The highest BCUT2D eigenvalue weighted by molar-refractivity contribution is 5.76. The van der Waals surface area contributed by atoms with Crippen molar-refractivity contribution in [3.05, 3.63) is 71.8 Å². The van der Waals surface area contributed by atoms with Crippen molar-refractivity contribution in [2.24, 2.45) is 71.0 Å². The van der Waals surface area contributed by atoms with Crippen LogP contribution in [-0.4, -0.2) is 37.1 Å². The zero-order chi connectivity index (χ0) is 32.5. The lowest BCUT2D eigenvalue weighted by molar-refractivity contribution is -0.191. The maximum absolute atomic E-state index is 13.2. The Hall–Kier alpha value is -3.94. The lowest BCUT2D eigenvalue weighted by Crippen LogP contribution is -2.67. The quantitative estimate of drug-likeness (QED) is 0.276. The standard InChI is InChI=1S/C40H45NO7/c1-2-41-35(42)18-30-28(14-21-6-12-31-33(16-21)47-19-45-31)26-9-8-24-25-10-11-27(38(24)40(26)30)37-23(4-3-5-36(43)44)29(39(25)37)15-22-7-13-32-34(17-22)48-20-46-32/h6-13,16-17,23-30,37-40H,2-5,14-15,18-20H2,1H3,(H,41,42)(H,43,44)/t23-,24-,25+,26-,27+,28+,29-,30-,37-,38-,39-,40-/m0/s1. The number of allylic oxidation sites excluding steroid dienone is 4. The summed E-state index contributed by atoms with van der Waals surface area (Å²) in [5, 5.41) is 12.6. The summed E-state index contributed by atoms with van der Waals surface area (Å²) in [5.41, 5.74) is 2.52. The fraction of sp³-hybridized carbons (Fsp3) is 0.550. The van der Waals surface area contributed by atoms with Crippen molar-refractivity contribution in [1.29, 1.82) is 0 Å². The third-order valence-corrected chi connectivity index (χ3v) is 13.3. The van der Waals surface area contributed by atoms with Gasteiger partial charge in [0.2, 0.25) is 19.5 Å². The first kappa shape index (κ1) is 30.1. The first-order valence-electron chi connectivity index (χ1n) is 18.1. The maximum Gasteiger partial charge on any atom is 0.303 e. The van der Waals surface area contributed by atoms with E-state index in [1.807, 2.05) is 19.1 Å². The number of nitrogens with one attached hydrogen (secondary N) is 1. The van der Waals surface area contributed by atoms with Crippen LogP contribution in [0.25, 0.3) is 0 Å². The Morgan fingerprint density at radius 2 is 1.25 bits per heavy atom.